The third-order valence-corrected chi connectivity index (χ3v) is 2.41. The van der Waals surface area contributed by atoms with Crippen LogP contribution in [0.2, 0.25) is 0 Å². The van der Waals surface area contributed by atoms with E-state index in [2.05, 4.69) is 5.32 Å². The second kappa shape index (κ2) is 7.38. The fraction of sp³-hybridized carbons (Fsp3) is 0.385. The van der Waals surface area contributed by atoms with Crippen molar-refractivity contribution in [1.29, 1.82) is 0 Å². The minimum Gasteiger partial charge on any atom is -0.496 e. The highest BCUT2D eigenvalue weighted by Gasteiger charge is 2.23. The number of aliphatic hydroxyl groups is 1. The van der Waals surface area contributed by atoms with Gasteiger partial charge < -0.3 is 19.9 Å². The van der Waals surface area contributed by atoms with Crippen LogP contribution in [0.4, 0.5) is 0 Å². The summed E-state index contributed by atoms with van der Waals surface area (Å²) >= 11 is 0. The molecule has 2 N–H and O–H groups in total. The van der Waals surface area contributed by atoms with Crippen molar-refractivity contribution >= 4 is 11.9 Å². The van der Waals surface area contributed by atoms with Gasteiger partial charge in [-0.25, -0.2) is 4.79 Å². The Hall–Kier alpha value is -2.08. The maximum Gasteiger partial charge on any atom is 0.331 e. The zero-order valence-electron chi connectivity index (χ0n) is 10.9. The standard InChI is InChI=1S/C13H17NO5/c1-3-19-13(17)10(8-15)14-12(16)9-6-4-5-7-11(9)18-2/h4-7,10,15H,3,8H2,1-2H3,(H,14,16). The number of hydrogen-bond donors (Lipinski definition) is 2. The quantitative estimate of drug-likeness (QED) is 0.726. The lowest BCUT2D eigenvalue weighted by Gasteiger charge is -2.15. The number of ether oxygens (including phenoxy) is 2. The molecule has 0 aromatic heterocycles. The van der Waals surface area contributed by atoms with Crippen LogP contribution < -0.4 is 10.1 Å². The molecule has 0 aliphatic rings. The Kier molecular flexibility index (Phi) is 5.81. The van der Waals surface area contributed by atoms with Gasteiger partial charge in [0.05, 0.1) is 25.9 Å². The fourth-order valence-corrected chi connectivity index (χ4v) is 1.49. The predicted octanol–water partition coefficient (Wildman–Crippen LogP) is 0.349. The average Bonchev–Trinajstić information content (AvgIpc) is 2.44. The number of nitrogens with one attached hydrogen (secondary N) is 1. The van der Waals surface area contributed by atoms with Crippen molar-refractivity contribution in [3.8, 4) is 5.75 Å². The highest BCUT2D eigenvalue weighted by molar-refractivity contribution is 5.99. The van der Waals surface area contributed by atoms with Gasteiger partial charge in [-0.2, -0.15) is 0 Å². The maximum absolute atomic E-state index is 12.0. The van der Waals surface area contributed by atoms with Gasteiger partial charge in [0.25, 0.3) is 5.91 Å². The Bertz CT molecular complexity index is 446. The Morgan fingerprint density at radius 3 is 2.63 bits per heavy atom. The topological polar surface area (TPSA) is 84.9 Å². The van der Waals surface area contributed by atoms with Crippen LogP contribution in [-0.4, -0.2) is 43.3 Å². The highest BCUT2D eigenvalue weighted by Crippen LogP contribution is 2.17. The lowest BCUT2D eigenvalue weighted by atomic mass is 10.1. The summed E-state index contributed by atoms with van der Waals surface area (Å²) < 4.78 is 9.79. The van der Waals surface area contributed by atoms with Crippen molar-refractivity contribution < 1.29 is 24.2 Å². The van der Waals surface area contributed by atoms with Gasteiger partial charge in [-0.05, 0) is 19.1 Å². The van der Waals surface area contributed by atoms with Gasteiger partial charge in [-0.3, -0.25) is 4.79 Å². The summed E-state index contributed by atoms with van der Waals surface area (Å²) in [4.78, 5) is 23.5. The molecular formula is C13H17NO5. The van der Waals surface area contributed by atoms with E-state index in [9.17, 15) is 9.59 Å². The third kappa shape index (κ3) is 3.96. The number of carbonyl (C=O) groups is 2. The molecule has 19 heavy (non-hydrogen) atoms. The maximum atomic E-state index is 12.0. The first-order chi connectivity index (χ1) is 9.13. The van der Waals surface area contributed by atoms with Crippen LogP contribution in [0.5, 0.6) is 5.75 Å². The number of carbonyl (C=O) groups excluding carboxylic acids is 2. The van der Waals surface area contributed by atoms with Gasteiger partial charge in [0.1, 0.15) is 5.75 Å². The van der Waals surface area contributed by atoms with E-state index in [1.54, 1.807) is 31.2 Å². The summed E-state index contributed by atoms with van der Waals surface area (Å²) in [6.07, 6.45) is 0. The average molecular weight is 267 g/mol. The molecule has 104 valence electrons. The van der Waals surface area contributed by atoms with Crippen LogP contribution >= 0.6 is 0 Å². The molecule has 0 heterocycles. The molecule has 1 aromatic carbocycles. The summed E-state index contributed by atoms with van der Waals surface area (Å²) in [6.45, 7) is 1.30. The normalized spacial score (nSPS) is 11.5. The molecule has 1 unspecified atom stereocenters. The van der Waals surface area contributed by atoms with Crippen LogP contribution in [0.1, 0.15) is 17.3 Å². The lowest BCUT2D eigenvalue weighted by molar-refractivity contribution is -0.146. The van der Waals surface area contributed by atoms with Crippen molar-refractivity contribution in [2.75, 3.05) is 20.3 Å². The van der Waals surface area contributed by atoms with E-state index in [1.807, 2.05) is 0 Å². The number of esters is 1. The summed E-state index contributed by atoms with van der Waals surface area (Å²) in [7, 11) is 1.45. The molecule has 0 saturated heterocycles. The Labute approximate surface area is 111 Å². The number of aliphatic hydroxyl groups excluding tert-OH is 1. The molecule has 1 atom stereocenters. The molecule has 0 bridgehead atoms. The lowest BCUT2D eigenvalue weighted by Crippen LogP contribution is -2.44. The first kappa shape index (κ1) is 15.0. The van der Waals surface area contributed by atoms with Crippen molar-refractivity contribution in [1.82, 2.24) is 5.32 Å². The molecule has 0 saturated carbocycles. The van der Waals surface area contributed by atoms with E-state index in [-0.39, 0.29) is 12.2 Å². The minimum absolute atomic E-state index is 0.180. The molecule has 1 aromatic rings. The summed E-state index contributed by atoms with van der Waals surface area (Å²) in [5.41, 5.74) is 0.285. The second-order valence-corrected chi connectivity index (χ2v) is 3.66. The number of rotatable bonds is 6. The monoisotopic (exact) mass is 267 g/mol. The molecule has 0 aliphatic carbocycles. The number of amides is 1. The van der Waals surface area contributed by atoms with Crippen molar-refractivity contribution in [2.45, 2.75) is 13.0 Å². The van der Waals surface area contributed by atoms with Crippen LogP contribution in [-0.2, 0) is 9.53 Å². The minimum atomic E-state index is -1.09. The van der Waals surface area contributed by atoms with Crippen molar-refractivity contribution in [2.24, 2.45) is 0 Å². The summed E-state index contributed by atoms with van der Waals surface area (Å²) in [5.74, 6) is -0.793. The van der Waals surface area contributed by atoms with E-state index in [4.69, 9.17) is 14.6 Å². The molecule has 6 heteroatoms. The Balaban J connectivity index is 2.80. The van der Waals surface area contributed by atoms with Gasteiger partial charge >= 0.3 is 5.97 Å². The van der Waals surface area contributed by atoms with Crippen LogP contribution in [0.15, 0.2) is 24.3 Å². The molecule has 0 spiro atoms. The zero-order valence-corrected chi connectivity index (χ0v) is 10.9. The van der Waals surface area contributed by atoms with E-state index in [0.717, 1.165) is 0 Å². The number of hydrogen-bond acceptors (Lipinski definition) is 5. The summed E-state index contributed by atoms with van der Waals surface area (Å²) in [5, 5.41) is 11.5. The van der Waals surface area contributed by atoms with Crippen LogP contribution in [0.25, 0.3) is 0 Å². The molecule has 1 amide bonds. The van der Waals surface area contributed by atoms with Crippen LogP contribution in [0.3, 0.4) is 0 Å². The zero-order chi connectivity index (χ0) is 14.3. The fourth-order valence-electron chi connectivity index (χ4n) is 1.49. The van der Waals surface area contributed by atoms with Gasteiger partial charge in [-0.1, -0.05) is 12.1 Å². The first-order valence-electron chi connectivity index (χ1n) is 5.85. The highest BCUT2D eigenvalue weighted by atomic mass is 16.5. The van der Waals surface area contributed by atoms with Gasteiger partial charge in [0.2, 0.25) is 0 Å². The Morgan fingerprint density at radius 1 is 1.37 bits per heavy atom. The smallest absolute Gasteiger partial charge is 0.331 e. The summed E-state index contributed by atoms with van der Waals surface area (Å²) in [6, 6.07) is 5.51. The molecular weight excluding hydrogens is 250 g/mol. The molecule has 0 fully saturated rings. The van der Waals surface area contributed by atoms with Gasteiger partial charge in [-0.15, -0.1) is 0 Å². The van der Waals surface area contributed by atoms with E-state index >= 15 is 0 Å². The molecule has 0 aliphatic heterocycles. The number of para-hydroxylation sites is 1. The van der Waals surface area contributed by atoms with Crippen molar-refractivity contribution in [3.63, 3.8) is 0 Å². The van der Waals surface area contributed by atoms with Gasteiger partial charge in [0, 0.05) is 0 Å². The van der Waals surface area contributed by atoms with Gasteiger partial charge in [0.15, 0.2) is 6.04 Å². The third-order valence-electron chi connectivity index (χ3n) is 2.41. The van der Waals surface area contributed by atoms with E-state index in [0.29, 0.717) is 5.75 Å². The molecule has 6 nitrogen and oxygen atoms in total. The van der Waals surface area contributed by atoms with Crippen molar-refractivity contribution in [3.05, 3.63) is 29.8 Å². The van der Waals surface area contributed by atoms with E-state index in [1.165, 1.54) is 7.11 Å². The SMILES string of the molecule is CCOC(=O)C(CO)NC(=O)c1ccccc1OC. The second-order valence-electron chi connectivity index (χ2n) is 3.66. The largest absolute Gasteiger partial charge is 0.496 e. The first-order valence-corrected chi connectivity index (χ1v) is 5.85. The Morgan fingerprint density at radius 2 is 2.05 bits per heavy atom. The number of methoxy groups -OCH3 is 1. The predicted molar refractivity (Wildman–Crippen MR) is 68.0 cm³/mol. The number of benzene rings is 1. The van der Waals surface area contributed by atoms with Crippen LogP contribution in [0, 0.1) is 0 Å². The van der Waals surface area contributed by atoms with E-state index < -0.39 is 24.5 Å². The molecule has 0 radical (unpaired) electrons. The molecule has 1 rings (SSSR count).